The van der Waals surface area contributed by atoms with E-state index in [1.807, 2.05) is 0 Å². The summed E-state index contributed by atoms with van der Waals surface area (Å²) >= 11 is 0. The minimum Gasteiger partial charge on any atom is -0.480 e. The maximum Gasteiger partial charge on any atom is 0.320 e. The van der Waals surface area contributed by atoms with Crippen LogP contribution in [0.5, 0.6) is 0 Å². The highest BCUT2D eigenvalue weighted by Gasteiger charge is 2.37. The van der Waals surface area contributed by atoms with Crippen molar-refractivity contribution in [3.63, 3.8) is 0 Å². The number of hydrogen-bond acceptors (Lipinski definition) is 3. The number of fused-ring (bicyclic) bond motifs is 1. The Morgan fingerprint density at radius 1 is 1.42 bits per heavy atom. The highest BCUT2D eigenvalue weighted by Crippen LogP contribution is 2.20. The molecule has 12 heavy (non-hydrogen) atoms. The van der Waals surface area contributed by atoms with Crippen LogP contribution < -0.4 is 10.6 Å². The van der Waals surface area contributed by atoms with Gasteiger partial charge in [-0.1, -0.05) is 0 Å². The van der Waals surface area contributed by atoms with Crippen LogP contribution >= 0.6 is 0 Å². The lowest BCUT2D eigenvalue weighted by atomic mass is 9.99. The standard InChI is InChI=1S/C8H14N2O2/c11-8(12)7-4-6-5(10-7)2-1-3-9-6/h5-7,9-10H,1-4H2,(H,11,12). The Morgan fingerprint density at radius 3 is 2.92 bits per heavy atom. The summed E-state index contributed by atoms with van der Waals surface area (Å²) in [4.78, 5) is 10.7. The molecule has 3 unspecified atom stereocenters. The molecule has 0 bridgehead atoms. The average molecular weight is 170 g/mol. The van der Waals surface area contributed by atoms with Crippen LogP contribution in [-0.2, 0) is 4.79 Å². The van der Waals surface area contributed by atoms with Gasteiger partial charge in [0.05, 0.1) is 0 Å². The number of carbonyl (C=O) groups is 1. The lowest BCUT2D eigenvalue weighted by Gasteiger charge is -2.25. The van der Waals surface area contributed by atoms with Gasteiger partial charge in [0.25, 0.3) is 0 Å². The number of rotatable bonds is 1. The highest BCUT2D eigenvalue weighted by molar-refractivity contribution is 5.74. The van der Waals surface area contributed by atoms with E-state index >= 15 is 0 Å². The molecule has 0 aromatic rings. The fraction of sp³-hybridized carbons (Fsp3) is 0.875. The van der Waals surface area contributed by atoms with Gasteiger partial charge in [-0.25, -0.2) is 0 Å². The van der Waals surface area contributed by atoms with Crippen LogP contribution in [-0.4, -0.2) is 35.7 Å². The van der Waals surface area contributed by atoms with E-state index in [-0.39, 0.29) is 6.04 Å². The molecule has 68 valence electrons. The summed E-state index contributed by atoms with van der Waals surface area (Å²) in [5.74, 6) is -0.716. The quantitative estimate of drug-likeness (QED) is 0.499. The summed E-state index contributed by atoms with van der Waals surface area (Å²) in [5, 5.41) is 15.2. The molecule has 2 heterocycles. The van der Waals surface area contributed by atoms with Gasteiger partial charge in [-0.15, -0.1) is 0 Å². The van der Waals surface area contributed by atoms with E-state index in [0.29, 0.717) is 12.1 Å². The summed E-state index contributed by atoms with van der Waals surface area (Å²) in [6.07, 6.45) is 3.00. The van der Waals surface area contributed by atoms with Crippen LogP contribution in [0.25, 0.3) is 0 Å². The lowest BCUT2D eigenvalue weighted by Crippen LogP contribution is -2.45. The number of aliphatic carboxylic acids is 1. The minimum absolute atomic E-state index is 0.328. The Hall–Kier alpha value is -0.610. The Balaban J connectivity index is 1.98. The summed E-state index contributed by atoms with van der Waals surface area (Å²) in [7, 11) is 0. The molecule has 0 aromatic heterocycles. The summed E-state index contributed by atoms with van der Waals surface area (Å²) in [6, 6.07) is 0.449. The third-order valence-corrected chi connectivity index (χ3v) is 2.79. The maximum absolute atomic E-state index is 10.7. The van der Waals surface area contributed by atoms with E-state index in [1.165, 1.54) is 0 Å². The fourth-order valence-corrected chi connectivity index (χ4v) is 2.15. The number of carboxylic acid groups (broad SMARTS) is 1. The first-order chi connectivity index (χ1) is 5.77. The van der Waals surface area contributed by atoms with Crippen molar-refractivity contribution >= 4 is 5.97 Å². The molecular weight excluding hydrogens is 156 g/mol. The van der Waals surface area contributed by atoms with Crippen molar-refractivity contribution in [3.8, 4) is 0 Å². The molecule has 2 saturated heterocycles. The molecule has 0 radical (unpaired) electrons. The third-order valence-electron chi connectivity index (χ3n) is 2.79. The first-order valence-corrected chi connectivity index (χ1v) is 4.49. The summed E-state index contributed by atoms with van der Waals surface area (Å²) < 4.78 is 0. The van der Waals surface area contributed by atoms with Crippen molar-refractivity contribution in [2.75, 3.05) is 6.54 Å². The smallest absolute Gasteiger partial charge is 0.320 e. The molecule has 0 saturated carbocycles. The zero-order valence-corrected chi connectivity index (χ0v) is 6.92. The molecule has 0 aromatic carbocycles. The van der Waals surface area contributed by atoms with Gasteiger partial charge < -0.3 is 10.4 Å². The van der Waals surface area contributed by atoms with E-state index in [9.17, 15) is 4.79 Å². The zero-order valence-electron chi connectivity index (χ0n) is 6.92. The predicted molar refractivity (Wildman–Crippen MR) is 44.0 cm³/mol. The summed E-state index contributed by atoms with van der Waals surface area (Å²) in [6.45, 7) is 1.04. The van der Waals surface area contributed by atoms with Gasteiger partial charge in [0.1, 0.15) is 6.04 Å². The molecular formula is C8H14N2O2. The normalized spacial score (nSPS) is 40.8. The molecule has 2 aliphatic rings. The number of hydrogen-bond donors (Lipinski definition) is 3. The molecule has 0 spiro atoms. The molecule has 2 rings (SSSR count). The zero-order chi connectivity index (χ0) is 8.55. The number of nitrogens with one attached hydrogen (secondary N) is 2. The first-order valence-electron chi connectivity index (χ1n) is 4.49. The van der Waals surface area contributed by atoms with Crippen LogP contribution in [0.3, 0.4) is 0 Å². The van der Waals surface area contributed by atoms with E-state index in [0.717, 1.165) is 25.8 Å². The van der Waals surface area contributed by atoms with Crippen molar-refractivity contribution in [2.45, 2.75) is 37.4 Å². The lowest BCUT2D eigenvalue weighted by molar-refractivity contribution is -0.139. The minimum atomic E-state index is -0.716. The van der Waals surface area contributed by atoms with Gasteiger partial charge in [-0.3, -0.25) is 10.1 Å². The fourth-order valence-electron chi connectivity index (χ4n) is 2.15. The van der Waals surface area contributed by atoms with Gasteiger partial charge in [-0.2, -0.15) is 0 Å². The van der Waals surface area contributed by atoms with Crippen molar-refractivity contribution in [3.05, 3.63) is 0 Å². The van der Waals surface area contributed by atoms with Crippen molar-refractivity contribution in [1.29, 1.82) is 0 Å². The average Bonchev–Trinajstić information content (AvgIpc) is 2.46. The van der Waals surface area contributed by atoms with E-state index in [4.69, 9.17) is 5.11 Å². The molecule has 3 N–H and O–H groups in total. The van der Waals surface area contributed by atoms with E-state index in [1.54, 1.807) is 0 Å². The van der Waals surface area contributed by atoms with Crippen LogP contribution in [0.2, 0.25) is 0 Å². The third kappa shape index (κ3) is 1.32. The Bertz CT molecular complexity index is 181. The van der Waals surface area contributed by atoms with Crippen molar-refractivity contribution in [1.82, 2.24) is 10.6 Å². The van der Waals surface area contributed by atoms with Gasteiger partial charge >= 0.3 is 5.97 Å². The van der Waals surface area contributed by atoms with Crippen molar-refractivity contribution in [2.24, 2.45) is 0 Å². The van der Waals surface area contributed by atoms with Gasteiger partial charge in [-0.05, 0) is 25.8 Å². The molecule has 2 fully saturated rings. The van der Waals surface area contributed by atoms with Crippen LogP contribution in [0.1, 0.15) is 19.3 Å². The largest absolute Gasteiger partial charge is 0.480 e. The highest BCUT2D eigenvalue weighted by atomic mass is 16.4. The second-order valence-corrected chi connectivity index (χ2v) is 3.60. The van der Waals surface area contributed by atoms with E-state index < -0.39 is 5.97 Å². The topological polar surface area (TPSA) is 61.4 Å². The Labute approximate surface area is 71.3 Å². The van der Waals surface area contributed by atoms with Crippen LogP contribution in [0, 0.1) is 0 Å². The summed E-state index contributed by atoms with van der Waals surface area (Å²) in [5.41, 5.74) is 0. The second kappa shape index (κ2) is 3.03. The van der Waals surface area contributed by atoms with Crippen LogP contribution in [0.4, 0.5) is 0 Å². The Morgan fingerprint density at radius 2 is 2.25 bits per heavy atom. The van der Waals surface area contributed by atoms with Gasteiger partial charge in [0.2, 0.25) is 0 Å². The first kappa shape index (κ1) is 8.01. The SMILES string of the molecule is O=C(O)C1CC2NCCCC2N1. The predicted octanol–water partition coefficient (Wildman–Crippen LogP) is -0.446. The van der Waals surface area contributed by atoms with E-state index in [2.05, 4.69) is 10.6 Å². The maximum atomic E-state index is 10.7. The van der Waals surface area contributed by atoms with Crippen molar-refractivity contribution < 1.29 is 9.90 Å². The molecule has 0 aliphatic carbocycles. The number of carboxylic acids is 1. The monoisotopic (exact) mass is 170 g/mol. The molecule has 2 aliphatic heterocycles. The Kier molecular flexibility index (Phi) is 2.02. The van der Waals surface area contributed by atoms with Crippen LogP contribution in [0.15, 0.2) is 0 Å². The van der Waals surface area contributed by atoms with Gasteiger partial charge in [0, 0.05) is 12.1 Å². The molecule has 3 atom stereocenters. The molecule has 0 amide bonds. The second-order valence-electron chi connectivity index (χ2n) is 3.60. The molecule has 4 heteroatoms. The number of piperidine rings is 1. The van der Waals surface area contributed by atoms with Gasteiger partial charge in [0.15, 0.2) is 0 Å². The molecule has 4 nitrogen and oxygen atoms in total.